The van der Waals surface area contributed by atoms with Gasteiger partial charge < -0.3 is 5.73 Å². The molecule has 0 spiro atoms. The van der Waals surface area contributed by atoms with Crippen LogP contribution in [-0.2, 0) is 9.59 Å². The van der Waals surface area contributed by atoms with Crippen LogP contribution in [0.2, 0.25) is 0 Å². The molecule has 3 heteroatoms. The maximum Gasteiger partial charge on any atom is 0.146 e. The van der Waals surface area contributed by atoms with E-state index in [-0.39, 0.29) is 12.2 Å². The van der Waals surface area contributed by atoms with E-state index in [1.54, 1.807) is 13.0 Å². The Morgan fingerprint density at radius 3 is 2.55 bits per heavy atom. The van der Waals surface area contributed by atoms with Crippen LogP contribution in [0.15, 0.2) is 11.6 Å². The van der Waals surface area contributed by atoms with Gasteiger partial charge in [-0.25, -0.2) is 0 Å². The Balaban J connectivity index is 3.82. The summed E-state index contributed by atoms with van der Waals surface area (Å²) in [6.07, 6.45) is 2.91. The highest BCUT2D eigenvalue weighted by molar-refractivity contribution is 5.88. The number of nitrogens with two attached hydrogens (primary N) is 1. The fourth-order valence-corrected chi connectivity index (χ4v) is 0.689. The first kappa shape index (κ1) is 10.0. The molecule has 0 amide bonds. The molecule has 2 N–H and O–H groups in total. The number of hydrogen-bond donors (Lipinski definition) is 1. The smallest absolute Gasteiger partial charge is 0.146 e. The first-order chi connectivity index (χ1) is 5.24. The first-order valence-electron chi connectivity index (χ1n) is 3.56. The molecule has 0 unspecified atom stereocenters. The van der Waals surface area contributed by atoms with Crippen molar-refractivity contribution in [2.45, 2.75) is 19.8 Å². The molecule has 0 heterocycles. The standard InChI is InChI=1S/C8H13NO2/c1-2-7(6-10)5-8(11)3-4-9/h2,6H,3-5,9H2,1H3. The fraction of sp³-hybridized carbons (Fsp3) is 0.500. The second-order valence-electron chi connectivity index (χ2n) is 2.24. The number of carbonyl (C=O) groups is 2. The predicted octanol–water partition coefficient (Wildman–Crippen LogP) is 0.440. The minimum Gasteiger partial charge on any atom is -0.330 e. The van der Waals surface area contributed by atoms with Gasteiger partial charge in [0.05, 0.1) is 0 Å². The molecule has 11 heavy (non-hydrogen) atoms. The highest BCUT2D eigenvalue weighted by Crippen LogP contribution is 1.99. The van der Waals surface area contributed by atoms with E-state index in [1.165, 1.54) is 0 Å². The van der Waals surface area contributed by atoms with Gasteiger partial charge in [0.1, 0.15) is 12.1 Å². The van der Waals surface area contributed by atoms with Crippen LogP contribution in [0.3, 0.4) is 0 Å². The summed E-state index contributed by atoms with van der Waals surface area (Å²) in [5.74, 6) is 0.0210. The van der Waals surface area contributed by atoms with Gasteiger partial charge >= 0.3 is 0 Å². The van der Waals surface area contributed by atoms with E-state index < -0.39 is 0 Å². The number of carbonyl (C=O) groups excluding carboxylic acids is 2. The largest absolute Gasteiger partial charge is 0.330 e. The van der Waals surface area contributed by atoms with Gasteiger partial charge in [-0.15, -0.1) is 0 Å². The molecule has 0 fully saturated rings. The van der Waals surface area contributed by atoms with Gasteiger partial charge in [0.2, 0.25) is 0 Å². The Bertz CT molecular complexity index is 173. The van der Waals surface area contributed by atoms with Crippen molar-refractivity contribution in [2.24, 2.45) is 5.73 Å². The molecule has 3 nitrogen and oxygen atoms in total. The number of Topliss-reactive ketones (excluding diaryl/α,β-unsaturated/α-hetero) is 1. The van der Waals surface area contributed by atoms with E-state index in [9.17, 15) is 9.59 Å². The Morgan fingerprint density at radius 2 is 2.18 bits per heavy atom. The molecule has 0 aromatic rings. The summed E-state index contributed by atoms with van der Waals surface area (Å²) in [6, 6.07) is 0. The van der Waals surface area contributed by atoms with Crippen LogP contribution >= 0.6 is 0 Å². The third-order valence-electron chi connectivity index (χ3n) is 1.35. The minimum absolute atomic E-state index is 0.0210. The lowest BCUT2D eigenvalue weighted by molar-refractivity contribution is -0.119. The molecule has 0 bridgehead atoms. The van der Waals surface area contributed by atoms with Crippen molar-refractivity contribution in [3.05, 3.63) is 11.6 Å². The molecule has 0 aliphatic heterocycles. The van der Waals surface area contributed by atoms with Crippen molar-refractivity contribution >= 4 is 12.1 Å². The highest BCUT2D eigenvalue weighted by atomic mass is 16.1. The molecule has 0 rings (SSSR count). The summed E-state index contributed by atoms with van der Waals surface area (Å²) in [5.41, 5.74) is 5.69. The molecule has 0 aromatic carbocycles. The summed E-state index contributed by atoms with van der Waals surface area (Å²) >= 11 is 0. The summed E-state index contributed by atoms with van der Waals surface area (Å²) in [4.78, 5) is 21.1. The van der Waals surface area contributed by atoms with E-state index in [0.717, 1.165) is 0 Å². The summed E-state index contributed by atoms with van der Waals surface area (Å²) in [5, 5.41) is 0. The normalized spacial score (nSPS) is 11.3. The van der Waals surface area contributed by atoms with Gasteiger partial charge in [-0.3, -0.25) is 9.59 Å². The van der Waals surface area contributed by atoms with Crippen LogP contribution in [0.1, 0.15) is 19.8 Å². The van der Waals surface area contributed by atoms with Crippen molar-refractivity contribution in [1.82, 2.24) is 0 Å². The molecule has 0 saturated heterocycles. The van der Waals surface area contributed by atoms with Gasteiger partial charge in [0.15, 0.2) is 0 Å². The van der Waals surface area contributed by atoms with Crippen molar-refractivity contribution in [2.75, 3.05) is 6.54 Å². The van der Waals surface area contributed by atoms with Gasteiger partial charge in [0, 0.05) is 12.8 Å². The number of aldehydes is 1. The maximum atomic E-state index is 10.9. The van der Waals surface area contributed by atoms with Gasteiger partial charge in [-0.1, -0.05) is 6.08 Å². The topological polar surface area (TPSA) is 60.2 Å². The summed E-state index contributed by atoms with van der Waals surface area (Å²) < 4.78 is 0. The van der Waals surface area contributed by atoms with E-state index in [4.69, 9.17) is 5.73 Å². The van der Waals surface area contributed by atoms with Crippen molar-refractivity contribution in [3.63, 3.8) is 0 Å². The monoisotopic (exact) mass is 155 g/mol. The third kappa shape index (κ3) is 4.44. The number of ketones is 1. The molecular weight excluding hydrogens is 142 g/mol. The molecule has 0 aliphatic rings. The molecule has 0 atom stereocenters. The van der Waals surface area contributed by atoms with E-state index in [1.807, 2.05) is 0 Å². The molecule has 0 saturated carbocycles. The van der Waals surface area contributed by atoms with Gasteiger partial charge in [-0.05, 0) is 19.0 Å². The lowest BCUT2D eigenvalue weighted by atomic mass is 10.1. The SMILES string of the molecule is CC=C(C=O)CC(=O)CCN. The van der Waals surface area contributed by atoms with Crippen molar-refractivity contribution in [3.8, 4) is 0 Å². The highest BCUT2D eigenvalue weighted by Gasteiger charge is 2.02. The molecule has 0 aliphatic carbocycles. The molecule has 0 radical (unpaired) electrons. The average Bonchev–Trinajstić information content (AvgIpc) is 2.01. The Labute approximate surface area is 66.3 Å². The quantitative estimate of drug-likeness (QED) is 0.463. The predicted molar refractivity (Wildman–Crippen MR) is 43.1 cm³/mol. The third-order valence-corrected chi connectivity index (χ3v) is 1.35. The van der Waals surface area contributed by atoms with Crippen LogP contribution in [0.25, 0.3) is 0 Å². The van der Waals surface area contributed by atoms with Crippen LogP contribution in [0.4, 0.5) is 0 Å². The number of allylic oxidation sites excluding steroid dienone is 2. The van der Waals surface area contributed by atoms with Crippen molar-refractivity contribution < 1.29 is 9.59 Å². The van der Waals surface area contributed by atoms with E-state index in [0.29, 0.717) is 24.8 Å². The Morgan fingerprint density at radius 1 is 1.55 bits per heavy atom. The number of hydrogen-bond acceptors (Lipinski definition) is 3. The van der Waals surface area contributed by atoms with Crippen LogP contribution in [0.5, 0.6) is 0 Å². The van der Waals surface area contributed by atoms with Crippen LogP contribution in [0, 0.1) is 0 Å². The summed E-state index contributed by atoms with van der Waals surface area (Å²) in [6.45, 7) is 2.09. The summed E-state index contributed by atoms with van der Waals surface area (Å²) in [7, 11) is 0. The zero-order valence-electron chi connectivity index (χ0n) is 6.67. The Kier molecular flexibility index (Phi) is 5.29. The number of rotatable bonds is 5. The van der Waals surface area contributed by atoms with Gasteiger partial charge in [-0.2, -0.15) is 0 Å². The molecule has 62 valence electrons. The zero-order chi connectivity index (χ0) is 8.69. The fourth-order valence-electron chi connectivity index (χ4n) is 0.689. The maximum absolute atomic E-state index is 10.9. The second kappa shape index (κ2) is 5.80. The van der Waals surface area contributed by atoms with Crippen LogP contribution < -0.4 is 5.73 Å². The average molecular weight is 155 g/mol. The lowest BCUT2D eigenvalue weighted by Crippen LogP contribution is -2.08. The Hall–Kier alpha value is -0.960. The van der Waals surface area contributed by atoms with E-state index in [2.05, 4.69) is 0 Å². The zero-order valence-corrected chi connectivity index (χ0v) is 6.67. The van der Waals surface area contributed by atoms with Gasteiger partial charge in [0.25, 0.3) is 0 Å². The molecular formula is C8H13NO2. The van der Waals surface area contributed by atoms with Crippen LogP contribution in [-0.4, -0.2) is 18.6 Å². The minimum atomic E-state index is 0.0210. The van der Waals surface area contributed by atoms with Crippen molar-refractivity contribution in [1.29, 1.82) is 0 Å². The second-order valence-corrected chi connectivity index (χ2v) is 2.24. The first-order valence-corrected chi connectivity index (χ1v) is 3.56. The molecule has 0 aromatic heterocycles. The lowest BCUT2D eigenvalue weighted by Gasteiger charge is -1.96. The van der Waals surface area contributed by atoms with E-state index >= 15 is 0 Å².